The van der Waals surface area contributed by atoms with Crippen LogP contribution in [-0.2, 0) is 4.79 Å². The number of piperazine rings is 1. The summed E-state index contributed by atoms with van der Waals surface area (Å²) in [5, 5.41) is 0. The van der Waals surface area contributed by atoms with Crippen molar-refractivity contribution in [3.8, 4) is 0 Å². The second-order valence-electron chi connectivity index (χ2n) is 5.68. The van der Waals surface area contributed by atoms with Gasteiger partial charge in [-0.05, 0) is 39.3 Å². The Morgan fingerprint density at radius 3 is 2.53 bits per heavy atom. The molecule has 2 aliphatic rings. The van der Waals surface area contributed by atoms with Gasteiger partial charge in [0.05, 0.1) is 0 Å². The fourth-order valence-electron chi connectivity index (χ4n) is 3.32. The van der Waals surface area contributed by atoms with Crippen LogP contribution in [0.3, 0.4) is 0 Å². The summed E-state index contributed by atoms with van der Waals surface area (Å²) in [6.45, 7) is 5.69. The Labute approximate surface area is 128 Å². The molecular weight excluding hydrogens is 285 g/mol. The van der Waals surface area contributed by atoms with E-state index in [1.165, 1.54) is 6.42 Å². The molecule has 1 saturated carbocycles. The van der Waals surface area contributed by atoms with Gasteiger partial charge in [0.15, 0.2) is 0 Å². The van der Waals surface area contributed by atoms with E-state index in [9.17, 15) is 4.79 Å². The Balaban J connectivity index is 0.00000162. The number of carbonyl (C=O) groups excluding carboxylic acids is 1. The van der Waals surface area contributed by atoms with Crippen molar-refractivity contribution >= 4 is 30.7 Å². The fourth-order valence-corrected chi connectivity index (χ4v) is 3.32. The molecule has 1 amide bonds. The average Bonchev–Trinajstić information content (AvgIpc) is 2.76. The summed E-state index contributed by atoms with van der Waals surface area (Å²) in [6, 6.07) is 0.347. The van der Waals surface area contributed by atoms with Crippen molar-refractivity contribution in [3.63, 3.8) is 0 Å². The Morgan fingerprint density at radius 2 is 1.95 bits per heavy atom. The molecule has 19 heavy (non-hydrogen) atoms. The number of hydrogen-bond acceptors (Lipinski definition) is 3. The molecule has 2 rings (SSSR count). The summed E-state index contributed by atoms with van der Waals surface area (Å²) in [5.41, 5.74) is 5.77. The van der Waals surface area contributed by atoms with Crippen LogP contribution in [0, 0.1) is 11.8 Å². The summed E-state index contributed by atoms with van der Waals surface area (Å²) < 4.78 is 0. The lowest BCUT2D eigenvalue weighted by atomic mass is 9.94. The maximum absolute atomic E-state index is 12.5. The summed E-state index contributed by atoms with van der Waals surface area (Å²) in [6.07, 6.45) is 3.34. The quantitative estimate of drug-likeness (QED) is 0.838. The minimum absolute atomic E-state index is 0. The van der Waals surface area contributed by atoms with Crippen LogP contribution in [0.1, 0.15) is 26.2 Å². The van der Waals surface area contributed by atoms with E-state index in [0.717, 1.165) is 32.5 Å². The van der Waals surface area contributed by atoms with Gasteiger partial charge in [0, 0.05) is 31.6 Å². The van der Waals surface area contributed by atoms with Gasteiger partial charge in [-0.1, -0.05) is 6.42 Å². The van der Waals surface area contributed by atoms with E-state index in [4.69, 9.17) is 5.73 Å². The van der Waals surface area contributed by atoms with Crippen LogP contribution in [0.15, 0.2) is 0 Å². The van der Waals surface area contributed by atoms with Gasteiger partial charge >= 0.3 is 0 Å². The minimum atomic E-state index is 0. The SMILES string of the molecule is CC1CN(C)CCN1C(=O)[C@@H]1CCC[C@@H]1CN.Cl.Cl. The van der Waals surface area contributed by atoms with Crippen molar-refractivity contribution in [1.29, 1.82) is 0 Å². The molecule has 114 valence electrons. The summed E-state index contributed by atoms with van der Waals surface area (Å²) >= 11 is 0. The molecule has 0 radical (unpaired) electrons. The monoisotopic (exact) mass is 311 g/mol. The number of hydrogen-bond donors (Lipinski definition) is 1. The van der Waals surface area contributed by atoms with Gasteiger partial charge < -0.3 is 15.5 Å². The van der Waals surface area contributed by atoms with Gasteiger partial charge in [-0.3, -0.25) is 4.79 Å². The zero-order chi connectivity index (χ0) is 12.4. The number of rotatable bonds is 2. The van der Waals surface area contributed by atoms with Crippen LogP contribution in [0.2, 0.25) is 0 Å². The second-order valence-corrected chi connectivity index (χ2v) is 5.68. The van der Waals surface area contributed by atoms with E-state index >= 15 is 0 Å². The van der Waals surface area contributed by atoms with Crippen LogP contribution < -0.4 is 5.73 Å². The lowest BCUT2D eigenvalue weighted by Crippen LogP contribution is -2.54. The van der Waals surface area contributed by atoms with Crippen LogP contribution in [-0.4, -0.2) is 55.0 Å². The molecule has 1 saturated heterocycles. The van der Waals surface area contributed by atoms with Gasteiger partial charge in [0.25, 0.3) is 0 Å². The normalized spacial score (nSPS) is 31.5. The molecule has 0 aromatic rings. The van der Waals surface area contributed by atoms with E-state index in [2.05, 4.69) is 23.8 Å². The highest BCUT2D eigenvalue weighted by Gasteiger charge is 2.37. The molecule has 0 bridgehead atoms. The van der Waals surface area contributed by atoms with E-state index in [-0.39, 0.29) is 30.7 Å². The smallest absolute Gasteiger partial charge is 0.226 e. The van der Waals surface area contributed by atoms with Crippen molar-refractivity contribution in [2.24, 2.45) is 17.6 Å². The lowest BCUT2D eigenvalue weighted by molar-refractivity contribution is -0.140. The van der Waals surface area contributed by atoms with Gasteiger partial charge in [0.2, 0.25) is 5.91 Å². The molecule has 3 atom stereocenters. The lowest BCUT2D eigenvalue weighted by Gasteiger charge is -2.40. The second kappa shape index (κ2) is 8.30. The third kappa shape index (κ3) is 4.22. The van der Waals surface area contributed by atoms with Crippen molar-refractivity contribution in [2.45, 2.75) is 32.2 Å². The fraction of sp³-hybridized carbons (Fsp3) is 0.923. The largest absolute Gasteiger partial charge is 0.337 e. The number of carbonyl (C=O) groups is 1. The van der Waals surface area contributed by atoms with E-state index < -0.39 is 0 Å². The molecule has 1 aliphatic carbocycles. The highest BCUT2D eigenvalue weighted by Crippen LogP contribution is 2.33. The first-order valence-corrected chi connectivity index (χ1v) is 6.82. The predicted octanol–water partition coefficient (Wildman–Crippen LogP) is 1.37. The van der Waals surface area contributed by atoms with E-state index in [1.54, 1.807) is 0 Å². The number of amides is 1. The third-order valence-electron chi connectivity index (χ3n) is 4.39. The number of likely N-dealkylation sites (N-methyl/N-ethyl adjacent to an activating group) is 1. The molecule has 4 nitrogen and oxygen atoms in total. The van der Waals surface area contributed by atoms with Crippen molar-refractivity contribution < 1.29 is 4.79 Å². The third-order valence-corrected chi connectivity index (χ3v) is 4.39. The zero-order valence-electron chi connectivity index (χ0n) is 11.9. The Kier molecular flexibility index (Phi) is 8.29. The highest BCUT2D eigenvalue weighted by atomic mass is 35.5. The van der Waals surface area contributed by atoms with Gasteiger partial charge in [-0.2, -0.15) is 0 Å². The van der Waals surface area contributed by atoms with Gasteiger partial charge in [-0.15, -0.1) is 24.8 Å². The van der Waals surface area contributed by atoms with Crippen LogP contribution in [0.4, 0.5) is 0 Å². The van der Waals surface area contributed by atoms with Crippen LogP contribution in [0.5, 0.6) is 0 Å². The maximum atomic E-state index is 12.5. The standard InChI is InChI=1S/C13H25N3O.2ClH/c1-10-9-15(2)6-7-16(10)13(17)12-5-3-4-11(12)8-14;;/h10-12H,3-9,14H2,1-2H3;2*1H/t10?,11-,12-;;/m1../s1. The molecule has 1 heterocycles. The van der Waals surface area contributed by atoms with Crippen molar-refractivity contribution in [1.82, 2.24) is 9.80 Å². The average molecular weight is 312 g/mol. The minimum Gasteiger partial charge on any atom is -0.337 e. The van der Waals surface area contributed by atoms with Gasteiger partial charge in [-0.25, -0.2) is 0 Å². The molecule has 1 aliphatic heterocycles. The topological polar surface area (TPSA) is 49.6 Å². The Morgan fingerprint density at radius 1 is 1.26 bits per heavy atom. The Bertz CT molecular complexity index is 291. The zero-order valence-corrected chi connectivity index (χ0v) is 13.5. The van der Waals surface area contributed by atoms with Crippen LogP contribution >= 0.6 is 24.8 Å². The Hall–Kier alpha value is -0.0300. The van der Waals surface area contributed by atoms with E-state index in [0.29, 0.717) is 24.4 Å². The summed E-state index contributed by atoms with van der Waals surface area (Å²) in [4.78, 5) is 16.9. The molecule has 1 unspecified atom stereocenters. The molecule has 2 fully saturated rings. The molecule has 6 heteroatoms. The molecule has 0 aromatic carbocycles. The number of nitrogens with zero attached hydrogens (tertiary/aromatic N) is 2. The first kappa shape index (κ1) is 19.0. The number of nitrogens with two attached hydrogens (primary N) is 1. The molecule has 2 N–H and O–H groups in total. The summed E-state index contributed by atoms with van der Waals surface area (Å²) in [7, 11) is 2.12. The van der Waals surface area contributed by atoms with Crippen molar-refractivity contribution in [2.75, 3.05) is 33.2 Å². The van der Waals surface area contributed by atoms with E-state index in [1.807, 2.05) is 0 Å². The number of halogens is 2. The maximum Gasteiger partial charge on any atom is 0.226 e. The first-order chi connectivity index (χ1) is 8.13. The van der Waals surface area contributed by atoms with Crippen LogP contribution in [0.25, 0.3) is 0 Å². The van der Waals surface area contributed by atoms with Gasteiger partial charge in [0.1, 0.15) is 0 Å². The molecule has 0 spiro atoms. The first-order valence-electron chi connectivity index (χ1n) is 6.82. The van der Waals surface area contributed by atoms with Crippen molar-refractivity contribution in [3.05, 3.63) is 0 Å². The predicted molar refractivity (Wildman–Crippen MR) is 83.1 cm³/mol. The molecule has 0 aromatic heterocycles. The summed E-state index contributed by atoms with van der Waals surface area (Å²) in [5.74, 6) is 0.985. The highest BCUT2D eigenvalue weighted by molar-refractivity contribution is 5.85. The molecular formula is C13H27Cl2N3O.